The summed E-state index contributed by atoms with van der Waals surface area (Å²) >= 11 is 0. The fourth-order valence-corrected chi connectivity index (χ4v) is 6.37. The first-order valence-corrected chi connectivity index (χ1v) is 13.0. The number of carbonyl (C=O) groups excluding carboxylic acids is 1. The van der Waals surface area contributed by atoms with Crippen LogP contribution in [0.1, 0.15) is 0 Å². The van der Waals surface area contributed by atoms with E-state index in [0.717, 1.165) is 6.07 Å². The van der Waals surface area contributed by atoms with Crippen molar-refractivity contribution in [2.45, 2.75) is 22.2 Å². The molecule has 1 unspecified atom stereocenters. The SMILES string of the molecule is NC(CS(=O)(=O)c1ccc(-c2cnc3[nH]ccc3c2)c(-c2nnn[nH]2)c1S(N)(=O)=O)OC(=O)C(F)(F)F. The number of H-pyrrole nitrogens is 2. The number of nitrogens with two attached hydrogens (primary N) is 2. The summed E-state index contributed by atoms with van der Waals surface area (Å²) < 4.78 is 93.0. The average molecular weight is 560 g/mol. The largest absolute Gasteiger partial charge is 0.490 e. The van der Waals surface area contributed by atoms with Crippen LogP contribution in [0.25, 0.3) is 33.5 Å². The number of tetrazole rings is 1. The number of primary sulfonamides is 1. The number of sulfonamides is 1. The van der Waals surface area contributed by atoms with Crippen LogP contribution in [0, 0.1) is 0 Å². The lowest BCUT2D eigenvalue weighted by Gasteiger charge is -2.18. The van der Waals surface area contributed by atoms with Gasteiger partial charge in [0, 0.05) is 28.9 Å². The fraction of sp³-hybridized carbons (Fsp3) is 0.167. The molecule has 4 aromatic rings. The van der Waals surface area contributed by atoms with Gasteiger partial charge >= 0.3 is 12.1 Å². The number of alkyl halides is 3. The minimum absolute atomic E-state index is 0.102. The van der Waals surface area contributed by atoms with Gasteiger partial charge in [-0.05, 0) is 34.2 Å². The number of benzene rings is 1. The lowest BCUT2D eigenvalue weighted by atomic mass is 10.00. The van der Waals surface area contributed by atoms with Crippen molar-refractivity contribution in [3.8, 4) is 22.5 Å². The van der Waals surface area contributed by atoms with Crippen molar-refractivity contribution in [2.24, 2.45) is 10.9 Å². The molecule has 0 saturated carbocycles. The summed E-state index contributed by atoms with van der Waals surface area (Å²) in [5.74, 6) is -4.42. The van der Waals surface area contributed by atoms with Crippen molar-refractivity contribution in [1.29, 1.82) is 0 Å². The quantitative estimate of drug-likeness (QED) is 0.176. The topological polar surface area (TPSA) is 230 Å². The highest BCUT2D eigenvalue weighted by Gasteiger charge is 2.43. The second-order valence-corrected chi connectivity index (χ2v) is 11.0. The number of aromatic nitrogens is 6. The number of nitrogens with one attached hydrogen (secondary N) is 2. The molecule has 0 aliphatic rings. The molecule has 1 atom stereocenters. The predicted molar refractivity (Wildman–Crippen MR) is 118 cm³/mol. The van der Waals surface area contributed by atoms with E-state index in [-0.39, 0.29) is 17.0 Å². The maximum atomic E-state index is 13.1. The van der Waals surface area contributed by atoms with E-state index in [1.807, 2.05) is 0 Å². The van der Waals surface area contributed by atoms with E-state index in [1.165, 1.54) is 12.3 Å². The number of fused-ring (bicyclic) bond motifs is 1. The van der Waals surface area contributed by atoms with Crippen LogP contribution >= 0.6 is 0 Å². The molecule has 196 valence electrons. The zero-order chi connectivity index (χ0) is 27.2. The molecule has 1 aromatic carbocycles. The Hall–Kier alpha value is -3.94. The van der Waals surface area contributed by atoms with Gasteiger partial charge in [0.2, 0.25) is 10.0 Å². The maximum absolute atomic E-state index is 13.1. The summed E-state index contributed by atoms with van der Waals surface area (Å²) in [6.45, 7) is 0. The molecule has 0 radical (unpaired) electrons. The van der Waals surface area contributed by atoms with Crippen molar-refractivity contribution in [3.05, 3.63) is 36.7 Å². The molecule has 0 saturated heterocycles. The third kappa shape index (κ3) is 5.28. The molecule has 14 nitrogen and oxygen atoms in total. The van der Waals surface area contributed by atoms with E-state index in [2.05, 4.69) is 35.3 Å². The first kappa shape index (κ1) is 26.1. The maximum Gasteiger partial charge on any atom is 0.490 e. The number of pyridine rings is 1. The summed E-state index contributed by atoms with van der Waals surface area (Å²) in [5.41, 5.74) is 5.88. The Morgan fingerprint density at radius 1 is 1.16 bits per heavy atom. The molecule has 0 bridgehead atoms. The molecular formula is C18H15F3N8O6S2. The third-order valence-electron chi connectivity index (χ3n) is 4.91. The Kier molecular flexibility index (Phi) is 6.48. The highest BCUT2D eigenvalue weighted by molar-refractivity contribution is 7.93. The molecule has 4 rings (SSSR count). The molecular weight excluding hydrogens is 545 g/mol. The van der Waals surface area contributed by atoms with Crippen molar-refractivity contribution in [1.82, 2.24) is 30.6 Å². The van der Waals surface area contributed by atoms with Crippen LogP contribution in [0.15, 0.2) is 46.5 Å². The minimum atomic E-state index is -5.43. The van der Waals surface area contributed by atoms with E-state index in [9.17, 15) is 34.8 Å². The molecule has 0 aliphatic heterocycles. The molecule has 3 heterocycles. The summed E-state index contributed by atoms with van der Waals surface area (Å²) in [6, 6.07) is 5.39. The molecule has 19 heteroatoms. The number of sulfone groups is 1. The fourth-order valence-electron chi connectivity index (χ4n) is 3.46. The van der Waals surface area contributed by atoms with Crippen LogP contribution in [0.4, 0.5) is 13.2 Å². The number of esters is 1. The highest BCUT2D eigenvalue weighted by atomic mass is 32.2. The van der Waals surface area contributed by atoms with Gasteiger partial charge in [-0.25, -0.2) is 36.9 Å². The third-order valence-corrected chi connectivity index (χ3v) is 7.81. The van der Waals surface area contributed by atoms with Crippen LogP contribution in [0.2, 0.25) is 0 Å². The van der Waals surface area contributed by atoms with Gasteiger partial charge in [0.1, 0.15) is 16.3 Å². The summed E-state index contributed by atoms with van der Waals surface area (Å²) in [4.78, 5) is 16.2. The van der Waals surface area contributed by atoms with Gasteiger partial charge in [-0.1, -0.05) is 6.07 Å². The molecule has 6 N–H and O–H groups in total. The number of ether oxygens (including phenoxy) is 1. The monoisotopic (exact) mass is 560 g/mol. The molecule has 0 amide bonds. The van der Waals surface area contributed by atoms with Crippen LogP contribution in [0.5, 0.6) is 0 Å². The van der Waals surface area contributed by atoms with Crippen LogP contribution in [-0.2, 0) is 29.4 Å². The number of carbonyl (C=O) groups is 1. The number of rotatable bonds is 7. The molecule has 37 heavy (non-hydrogen) atoms. The van der Waals surface area contributed by atoms with Gasteiger partial charge < -0.3 is 9.72 Å². The van der Waals surface area contributed by atoms with Crippen molar-refractivity contribution >= 4 is 36.9 Å². The van der Waals surface area contributed by atoms with Crippen LogP contribution < -0.4 is 10.9 Å². The molecule has 0 aliphatic carbocycles. The first-order chi connectivity index (χ1) is 17.2. The van der Waals surface area contributed by atoms with E-state index in [1.54, 1.807) is 18.3 Å². The van der Waals surface area contributed by atoms with E-state index in [0.29, 0.717) is 16.6 Å². The Bertz CT molecular complexity index is 1700. The first-order valence-electron chi connectivity index (χ1n) is 9.82. The second kappa shape index (κ2) is 9.18. The smallest absolute Gasteiger partial charge is 0.439 e. The van der Waals surface area contributed by atoms with Gasteiger partial charge in [-0.3, -0.25) is 5.73 Å². The van der Waals surface area contributed by atoms with Crippen LogP contribution in [0.3, 0.4) is 0 Å². The number of hydrogen-bond donors (Lipinski definition) is 4. The van der Waals surface area contributed by atoms with Crippen LogP contribution in [-0.4, -0.2) is 71.6 Å². The Morgan fingerprint density at radius 3 is 2.51 bits per heavy atom. The van der Waals surface area contributed by atoms with Gasteiger partial charge in [0.25, 0.3) is 0 Å². The van der Waals surface area contributed by atoms with E-state index < -0.39 is 53.8 Å². The standard InChI is InChI=1S/C18H15F3N8O6S2/c19-18(20,21)17(30)35-12(22)7-36(31,32)11-2-1-10(9-5-8-3-4-24-15(8)25-6-9)13(14(11)37(23,33)34)16-26-28-29-27-16/h1-6,12H,7,22H2,(H,24,25)(H2,23,33,34)(H,26,27,28,29). The Balaban J connectivity index is 1.91. The van der Waals surface area contributed by atoms with Crippen molar-refractivity contribution < 1.29 is 39.5 Å². The summed E-state index contributed by atoms with van der Waals surface area (Å²) in [5, 5.41) is 18.8. The highest BCUT2D eigenvalue weighted by Crippen LogP contribution is 2.39. The summed E-state index contributed by atoms with van der Waals surface area (Å²) in [7, 11) is -9.70. The van der Waals surface area contributed by atoms with Gasteiger partial charge in [0.15, 0.2) is 21.9 Å². The number of halogens is 3. The number of aromatic amines is 2. The lowest BCUT2D eigenvalue weighted by molar-refractivity contribution is -0.203. The van der Waals surface area contributed by atoms with Gasteiger partial charge in [-0.15, -0.1) is 5.10 Å². The predicted octanol–water partition coefficient (Wildman–Crippen LogP) is 0.221. The van der Waals surface area contributed by atoms with Crippen molar-refractivity contribution in [3.63, 3.8) is 0 Å². The minimum Gasteiger partial charge on any atom is -0.439 e. The zero-order valence-electron chi connectivity index (χ0n) is 18.1. The number of hydrogen-bond acceptors (Lipinski definition) is 11. The second-order valence-electron chi connectivity index (χ2n) is 7.47. The zero-order valence-corrected chi connectivity index (χ0v) is 19.7. The van der Waals surface area contributed by atoms with Gasteiger partial charge in [0.05, 0.1) is 4.90 Å². The normalized spacial score (nSPS) is 13.5. The lowest BCUT2D eigenvalue weighted by Crippen LogP contribution is -2.39. The molecule has 0 spiro atoms. The molecule has 3 aromatic heterocycles. The Labute approximate surface area is 205 Å². The van der Waals surface area contributed by atoms with E-state index in [4.69, 9.17) is 10.9 Å². The van der Waals surface area contributed by atoms with Gasteiger partial charge in [-0.2, -0.15) is 13.2 Å². The Morgan fingerprint density at radius 2 is 1.89 bits per heavy atom. The average Bonchev–Trinajstić information content (AvgIpc) is 3.48. The van der Waals surface area contributed by atoms with E-state index >= 15 is 0 Å². The number of nitrogens with zero attached hydrogens (tertiary/aromatic N) is 4. The molecule has 0 fully saturated rings. The van der Waals surface area contributed by atoms with Crippen molar-refractivity contribution in [2.75, 3.05) is 5.75 Å². The summed E-state index contributed by atoms with van der Waals surface area (Å²) in [6.07, 6.45) is -4.74.